The molecular formula is C19H16O2. The lowest BCUT2D eigenvalue weighted by molar-refractivity contribution is -0.119. The number of allylic oxidation sites excluding steroid dienone is 6. The molecule has 104 valence electrons. The minimum absolute atomic E-state index is 0.0533. The summed E-state index contributed by atoms with van der Waals surface area (Å²) in [4.78, 5) is 24.5. The Balaban J connectivity index is 1.54. The van der Waals surface area contributed by atoms with E-state index in [9.17, 15) is 9.59 Å². The molecule has 2 heteroatoms. The first-order valence-electron chi connectivity index (χ1n) is 7.46. The third-order valence-electron chi connectivity index (χ3n) is 4.95. The van der Waals surface area contributed by atoms with Crippen molar-refractivity contribution in [3.05, 3.63) is 71.8 Å². The van der Waals surface area contributed by atoms with Crippen LogP contribution in [0.5, 0.6) is 0 Å². The summed E-state index contributed by atoms with van der Waals surface area (Å²) in [6.07, 6.45) is 10.9. The molecule has 1 aromatic carbocycles. The highest BCUT2D eigenvalue weighted by atomic mass is 16.1. The van der Waals surface area contributed by atoms with E-state index in [2.05, 4.69) is 18.2 Å². The second-order valence-corrected chi connectivity index (χ2v) is 6.10. The van der Waals surface area contributed by atoms with Crippen molar-refractivity contribution in [2.75, 3.05) is 0 Å². The van der Waals surface area contributed by atoms with Gasteiger partial charge in [-0.25, -0.2) is 0 Å². The van der Waals surface area contributed by atoms with Gasteiger partial charge in [-0.1, -0.05) is 48.6 Å². The molecule has 0 radical (unpaired) electrons. The maximum Gasteiger partial charge on any atom is 0.185 e. The predicted molar refractivity (Wildman–Crippen MR) is 80.7 cm³/mol. The van der Waals surface area contributed by atoms with Gasteiger partial charge in [0.1, 0.15) is 0 Å². The zero-order valence-electron chi connectivity index (χ0n) is 11.6. The Morgan fingerprint density at radius 1 is 1.10 bits per heavy atom. The van der Waals surface area contributed by atoms with Crippen LogP contribution in [-0.2, 0) is 4.79 Å². The maximum atomic E-state index is 12.5. The molecule has 0 saturated heterocycles. The molecule has 3 aliphatic carbocycles. The van der Waals surface area contributed by atoms with Gasteiger partial charge in [0, 0.05) is 17.1 Å². The summed E-state index contributed by atoms with van der Waals surface area (Å²) >= 11 is 0. The fourth-order valence-electron chi connectivity index (χ4n) is 3.94. The SMILES string of the molecule is O=C(/C=C/C1=C[C@H]2[C@@H](C1=O)[C@@H]1C=C[C@H]2C1)c1ccccc1. The van der Waals surface area contributed by atoms with Gasteiger partial charge < -0.3 is 0 Å². The van der Waals surface area contributed by atoms with Crippen molar-refractivity contribution in [2.24, 2.45) is 23.7 Å². The van der Waals surface area contributed by atoms with Crippen molar-refractivity contribution in [3.8, 4) is 0 Å². The van der Waals surface area contributed by atoms with Crippen LogP contribution in [0, 0.1) is 23.7 Å². The number of hydrogen-bond acceptors (Lipinski definition) is 2. The molecule has 0 amide bonds. The van der Waals surface area contributed by atoms with Gasteiger partial charge in [-0.2, -0.15) is 0 Å². The molecule has 3 aliphatic rings. The smallest absolute Gasteiger partial charge is 0.185 e. The van der Waals surface area contributed by atoms with E-state index >= 15 is 0 Å². The molecule has 1 aromatic rings. The lowest BCUT2D eigenvalue weighted by Gasteiger charge is -2.17. The van der Waals surface area contributed by atoms with Gasteiger partial charge >= 0.3 is 0 Å². The van der Waals surface area contributed by atoms with Gasteiger partial charge in [-0.05, 0) is 36.3 Å². The van der Waals surface area contributed by atoms with Crippen LogP contribution in [0.4, 0.5) is 0 Å². The summed E-state index contributed by atoms with van der Waals surface area (Å²) < 4.78 is 0. The number of Topliss-reactive ketones (excluding diaryl/α,β-unsaturated/α-hetero) is 1. The Hall–Kier alpha value is -2.22. The van der Waals surface area contributed by atoms with E-state index in [1.165, 1.54) is 6.08 Å². The van der Waals surface area contributed by atoms with E-state index in [4.69, 9.17) is 0 Å². The van der Waals surface area contributed by atoms with Gasteiger partial charge in [-0.15, -0.1) is 0 Å². The monoisotopic (exact) mass is 276 g/mol. The van der Waals surface area contributed by atoms with Crippen molar-refractivity contribution < 1.29 is 9.59 Å². The fourth-order valence-corrected chi connectivity index (χ4v) is 3.94. The van der Waals surface area contributed by atoms with Gasteiger partial charge in [0.25, 0.3) is 0 Å². The number of rotatable bonds is 3. The van der Waals surface area contributed by atoms with E-state index in [1.54, 1.807) is 18.2 Å². The molecule has 1 fully saturated rings. The minimum atomic E-state index is -0.0533. The van der Waals surface area contributed by atoms with Crippen molar-refractivity contribution in [3.63, 3.8) is 0 Å². The first kappa shape index (κ1) is 12.5. The minimum Gasteiger partial charge on any atom is -0.294 e. The Labute approximate surface area is 123 Å². The number of carbonyl (C=O) groups excluding carboxylic acids is 2. The molecule has 0 heterocycles. The van der Waals surface area contributed by atoms with Gasteiger partial charge in [-0.3, -0.25) is 9.59 Å². The third-order valence-corrected chi connectivity index (χ3v) is 4.95. The predicted octanol–water partition coefficient (Wildman–Crippen LogP) is 3.37. The summed E-state index contributed by atoms with van der Waals surface area (Å²) in [5.41, 5.74) is 1.37. The summed E-state index contributed by atoms with van der Waals surface area (Å²) in [5.74, 6) is 1.60. The molecule has 0 aromatic heterocycles. The van der Waals surface area contributed by atoms with Gasteiger partial charge in [0.2, 0.25) is 0 Å². The van der Waals surface area contributed by atoms with Crippen LogP contribution >= 0.6 is 0 Å². The van der Waals surface area contributed by atoms with E-state index in [-0.39, 0.29) is 17.5 Å². The molecule has 4 rings (SSSR count). The largest absolute Gasteiger partial charge is 0.294 e. The molecule has 21 heavy (non-hydrogen) atoms. The first-order chi connectivity index (χ1) is 10.2. The highest BCUT2D eigenvalue weighted by molar-refractivity contribution is 6.08. The van der Waals surface area contributed by atoms with Gasteiger partial charge in [0.05, 0.1) is 0 Å². The summed E-state index contributed by atoms with van der Waals surface area (Å²) in [7, 11) is 0. The van der Waals surface area contributed by atoms with Crippen LogP contribution in [0.25, 0.3) is 0 Å². The van der Waals surface area contributed by atoms with Crippen LogP contribution in [0.1, 0.15) is 16.8 Å². The average Bonchev–Trinajstić information content (AvgIpc) is 3.19. The Morgan fingerprint density at radius 3 is 2.62 bits per heavy atom. The standard InChI is InChI=1S/C19H16O2/c20-17(12-4-2-1-3-5-12)9-8-15-11-16-13-6-7-14(10-13)18(16)19(15)21/h1-9,11,13-14,16,18H,10H2/b9-8+/t13-,14+,16+,18-/m0/s1. The van der Waals surface area contributed by atoms with Crippen molar-refractivity contribution >= 4 is 11.6 Å². The van der Waals surface area contributed by atoms with Crippen molar-refractivity contribution in [1.82, 2.24) is 0 Å². The quantitative estimate of drug-likeness (QED) is 0.482. The molecule has 1 saturated carbocycles. The highest BCUT2D eigenvalue weighted by Gasteiger charge is 2.50. The van der Waals surface area contributed by atoms with Crippen LogP contribution in [0.15, 0.2) is 66.3 Å². The second kappa shape index (κ2) is 4.66. The number of fused-ring (bicyclic) bond motifs is 5. The Bertz CT molecular complexity index is 694. The van der Waals surface area contributed by atoms with Crippen LogP contribution in [-0.4, -0.2) is 11.6 Å². The first-order valence-corrected chi connectivity index (χ1v) is 7.46. The lowest BCUT2D eigenvalue weighted by atomic mass is 9.85. The molecule has 0 N–H and O–H groups in total. The second-order valence-electron chi connectivity index (χ2n) is 6.10. The zero-order chi connectivity index (χ0) is 14.4. The molecule has 0 spiro atoms. The molecule has 4 atom stereocenters. The number of benzene rings is 1. The normalized spacial score (nSPS) is 32.8. The summed E-state index contributed by atoms with van der Waals surface area (Å²) in [6.45, 7) is 0. The molecule has 2 bridgehead atoms. The molecular weight excluding hydrogens is 260 g/mol. The molecule has 2 nitrogen and oxygen atoms in total. The lowest BCUT2D eigenvalue weighted by Crippen LogP contribution is -2.20. The number of ketones is 2. The van der Waals surface area contributed by atoms with E-state index in [1.807, 2.05) is 18.2 Å². The number of carbonyl (C=O) groups is 2. The highest BCUT2D eigenvalue weighted by Crippen LogP contribution is 2.53. The van der Waals surface area contributed by atoms with E-state index < -0.39 is 0 Å². The van der Waals surface area contributed by atoms with Crippen LogP contribution in [0.2, 0.25) is 0 Å². The third kappa shape index (κ3) is 1.94. The van der Waals surface area contributed by atoms with Crippen molar-refractivity contribution in [1.29, 1.82) is 0 Å². The Kier molecular flexibility index (Phi) is 2.78. The Morgan fingerprint density at radius 2 is 1.86 bits per heavy atom. The molecule has 0 unspecified atom stereocenters. The average molecular weight is 276 g/mol. The molecule has 0 aliphatic heterocycles. The van der Waals surface area contributed by atoms with Gasteiger partial charge in [0.15, 0.2) is 11.6 Å². The number of hydrogen-bond donors (Lipinski definition) is 0. The summed E-state index contributed by atoms with van der Waals surface area (Å²) in [5, 5.41) is 0. The topological polar surface area (TPSA) is 34.1 Å². The zero-order valence-corrected chi connectivity index (χ0v) is 11.6. The maximum absolute atomic E-state index is 12.5. The summed E-state index contributed by atoms with van der Waals surface area (Å²) in [6, 6.07) is 9.14. The van der Waals surface area contributed by atoms with Crippen LogP contribution in [0.3, 0.4) is 0 Å². The van der Waals surface area contributed by atoms with Crippen LogP contribution < -0.4 is 0 Å². The van der Waals surface area contributed by atoms with E-state index in [0.29, 0.717) is 28.9 Å². The van der Waals surface area contributed by atoms with Crippen molar-refractivity contribution in [2.45, 2.75) is 6.42 Å². The van der Waals surface area contributed by atoms with E-state index in [0.717, 1.165) is 6.42 Å². The fraction of sp³-hybridized carbons (Fsp3) is 0.263.